The Kier molecular flexibility index (Phi) is 4.90. The van der Waals surface area contributed by atoms with E-state index in [0.717, 1.165) is 5.56 Å². The van der Waals surface area contributed by atoms with Crippen LogP contribution in [0.25, 0.3) is 0 Å². The number of carbonyl (C=O) groups excluding carboxylic acids is 1. The Labute approximate surface area is 145 Å². The summed E-state index contributed by atoms with van der Waals surface area (Å²) < 4.78 is 0. The quantitative estimate of drug-likeness (QED) is 0.656. The molecular weight excluding hydrogens is 314 g/mol. The van der Waals surface area contributed by atoms with Crippen molar-refractivity contribution in [3.63, 3.8) is 0 Å². The van der Waals surface area contributed by atoms with Gasteiger partial charge in [-0.2, -0.15) is 0 Å². The molecule has 0 bridgehead atoms. The second-order valence-corrected chi connectivity index (χ2v) is 5.60. The van der Waals surface area contributed by atoms with Crippen LogP contribution >= 0.6 is 0 Å². The number of ketones is 1. The summed E-state index contributed by atoms with van der Waals surface area (Å²) in [4.78, 5) is 23.9. The maximum Gasteiger partial charge on any atom is 0.335 e. The minimum atomic E-state index is -0.980. The van der Waals surface area contributed by atoms with Crippen LogP contribution in [0.5, 0.6) is 0 Å². The molecule has 0 aliphatic heterocycles. The average Bonchev–Trinajstić information content (AvgIpc) is 2.67. The molecule has 2 N–H and O–H groups in total. The van der Waals surface area contributed by atoms with Gasteiger partial charge in [0.05, 0.1) is 5.56 Å². The minimum absolute atomic E-state index is 0.0471. The van der Waals surface area contributed by atoms with Gasteiger partial charge >= 0.3 is 5.97 Å². The first-order chi connectivity index (χ1) is 12.1. The fourth-order valence-corrected chi connectivity index (χ4v) is 2.59. The van der Waals surface area contributed by atoms with Crippen molar-refractivity contribution in [1.29, 1.82) is 0 Å². The molecule has 0 amide bonds. The lowest BCUT2D eigenvalue weighted by Gasteiger charge is -2.19. The number of benzene rings is 3. The van der Waals surface area contributed by atoms with Crippen molar-refractivity contribution in [2.24, 2.45) is 0 Å². The molecule has 3 aromatic rings. The van der Waals surface area contributed by atoms with E-state index in [9.17, 15) is 9.59 Å². The van der Waals surface area contributed by atoms with Gasteiger partial charge in [0.1, 0.15) is 6.04 Å². The second kappa shape index (κ2) is 7.45. The number of carbonyl (C=O) groups is 2. The zero-order chi connectivity index (χ0) is 17.6. The number of aromatic carboxylic acids is 1. The van der Waals surface area contributed by atoms with Crippen LogP contribution in [-0.2, 0) is 0 Å². The smallest absolute Gasteiger partial charge is 0.335 e. The van der Waals surface area contributed by atoms with E-state index in [1.807, 2.05) is 48.5 Å². The molecule has 0 saturated heterocycles. The van der Waals surface area contributed by atoms with Crippen LogP contribution in [0.1, 0.15) is 32.3 Å². The van der Waals surface area contributed by atoms with Crippen molar-refractivity contribution in [3.05, 3.63) is 102 Å². The number of carboxylic acid groups (broad SMARTS) is 1. The van der Waals surface area contributed by atoms with E-state index in [0.29, 0.717) is 11.3 Å². The molecule has 3 rings (SSSR count). The lowest BCUT2D eigenvalue weighted by atomic mass is 9.97. The van der Waals surface area contributed by atoms with Gasteiger partial charge in [0.2, 0.25) is 0 Å². The van der Waals surface area contributed by atoms with E-state index in [1.54, 1.807) is 24.3 Å². The molecular formula is C21H17NO3. The molecule has 4 heteroatoms. The topological polar surface area (TPSA) is 66.4 Å². The molecule has 0 fully saturated rings. The van der Waals surface area contributed by atoms with Gasteiger partial charge in [0.25, 0.3) is 0 Å². The van der Waals surface area contributed by atoms with Gasteiger partial charge in [-0.15, -0.1) is 0 Å². The van der Waals surface area contributed by atoms with Gasteiger partial charge in [-0.3, -0.25) is 4.79 Å². The van der Waals surface area contributed by atoms with Crippen LogP contribution in [0.3, 0.4) is 0 Å². The largest absolute Gasteiger partial charge is 0.478 e. The number of carboxylic acids is 1. The van der Waals surface area contributed by atoms with Crippen molar-refractivity contribution in [2.75, 3.05) is 5.32 Å². The monoisotopic (exact) mass is 331 g/mol. The summed E-state index contributed by atoms with van der Waals surface area (Å²) >= 11 is 0. The molecule has 0 heterocycles. The molecule has 25 heavy (non-hydrogen) atoms. The highest BCUT2D eigenvalue weighted by atomic mass is 16.4. The summed E-state index contributed by atoms with van der Waals surface area (Å²) in [6.45, 7) is 0. The highest BCUT2D eigenvalue weighted by Crippen LogP contribution is 2.24. The van der Waals surface area contributed by atoms with Crippen molar-refractivity contribution >= 4 is 17.4 Å². The number of anilines is 1. The van der Waals surface area contributed by atoms with E-state index in [1.165, 1.54) is 12.1 Å². The Hall–Kier alpha value is -3.40. The molecule has 0 unspecified atom stereocenters. The molecule has 4 nitrogen and oxygen atoms in total. The predicted molar refractivity (Wildman–Crippen MR) is 97.0 cm³/mol. The third kappa shape index (κ3) is 3.93. The average molecular weight is 331 g/mol. The highest BCUT2D eigenvalue weighted by molar-refractivity contribution is 6.02. The fraction of sp³-hybridized carbons (Fsp3) is 0.0476. The summed E-state index contributed by atoms with van der Waals surface area (Å²) in [7, 11) is 0. The maximum atomic E-state index is 13.0. The van der Waals surface area contributed by atoms with Gasteiger partial charge in [-0.1, -0.05) is 60.7 Å². The Morgan fingerprint density at radius 2 is 1.28 bits per heavy atom. The van der Waals surface area contributed by atoms with E-state index in [4.69, 9.17) is 5.11 Å². The zero-order valence-electron chi connectivity index (χ0n) is 13.4. The third-order valence-corrected chi connectivity index (χ3v) is 3.90. The Balaban J connectivity index is 1.92. The van der Waals surface area contributed by atoms with Crippen molar-refractivity contribution in [2.45, 2.75) is 6.04 Å². The van der Waals surface area contributed by atoms with E-state index in [2.05, 4.69) is 5.32 Å². The number of hydrogen-bond acceptors (Lipinski definition) is 3. The van der Waals surface area contributed by atoms with Crippen molar-refractivity contribution in [1.82, 2.24) is 0 Å². The first-order valence-corrected chi connectivity index (χ1v) is 7.89. The molecule has 3 aromatic carbocycles. The minimum Gasteiger partial charge on any atom is -0.478 e. The first-order valence-electron chi connectivity index (χ1n) is 7.89. The number of hydrogen-bond donors (Lipinski definition) is 2. The molecule has 0 aromatic heterocycles. The summed E-state index contributed by atoms with van der Waals surface area (Å²) in [5, 5.41) is 12.2. The van der Waals surface area contributed by atoms with Crippen molar-refractivity contribution < 1.29 is 14.7 Å². The second-order valence-electron chi connectivity index (χ2n) is 5.60. The van der Waals surface area contributed by atoms with E-state index < -0.39 is 12.0 Å². The molecule has 0 saturated carbocycles. The van der Waals surface area contributed by atoms with Gasteiger partial charge in [-0.05, 0) is 29.8 Å². The van der Waals surface area contributed by atoms with Crippen LogP contribution in [-0.4, -0.2) is 16.9 Å². The Morgan fingerprint density at radius 3 is 1.84 bits per heavy atom. The molecule has 0 aliphatic carbocycles. The molecule has 0 spiro atoms. The van der Waals surface area contributed by atoms with Gasteiger partial charge < -0.3 is 10.4 Å². The molecule has 0 aliphatic rings. The lowest BCUT2D eigenvalue weighted by Crippen LogP contribution is -2.21. The predicted octanol–water partition coefficient (Wildman–Crippen LogP) is 4.42. The summed E-state index contributed by atoms with van der Waals surface area (Å²) in [5.41, 5.74) is 2.35. The van der Waals surface area contributed by atoms with Gasteiger partial charge in [0.15, 0.2) is 5.78 Å². The number of Topliss-reactive ketones (excluding diaryl/α,β-unsaturated/α-hetero) is 1. The summed E-state index contributed by atoms with van der Waals surface area (Å²) in [5.74, 6) is -1.03. The van der Waals surface area contributed by atoms with Gasteiger partial charge in [-0.25, -0.2) is 4.79 Å². The number of rotatable bonds is 6. The van der Waals surface area contributed by atoms with Crippen LogP contribution < -0.4 is 5.32 Å². The number of nitrogens with one attached hydrogen (secondary N) is 1. The fourth-order valence-electron chi connectivity index (χ4n) is 2.59. The standard InChI is InChI=1S/C21H17NO3/c23-20(16-9-5-2-6-10-16)19(15-7-3-1-4-8-15)22-18-13-11-17(12-14-18)21(24)25/h1-14,19,22H,(H,24,25)/t19-/m0/s1. The van der Waals surface area contributed by atoms with E-state index in [-0.39, 0.29) is 11.3 Å². The Bertz CT molecular complexity index is 859. The van der Waals surface area contributed by atoms with Crippen LogP contribution in [0.4, 0.5) is 5.69 Å². The maximum absolute atomic E-state index is 13.0. The third-order valence-electron chi connectivity index (χ3n) is 3.90. The zero-order valence-corrected chi connectivity index (χ0v) is 13.4. The van der Waals surface area contributed by atoms with E-state index >= 15 is 0 Å². The SMILES string of the molecule is O=C(O)c1ccc(N[C@H](C(=O)c2ccccc2)c2ccccc2)cc1. The molecule has 1 atom stereocenters. The van der Waals surface area contributed by atoms with Crippen molar-refractivity contribution in [3.8, 4) is 0 Å². The summed E-state index contributed by atoms with van der Waals surface area (Å²) in [6, 6.07) is 24.4. The normalized spacial score (nSPS) is 11.5. The van der Waals surface area contributed by atoms with Crippen LogP contribution in [0.2, 0.25) is 0 Å². The van der Waals surface area contributed by atoms with Crippen LogP contribution in [0, 0.1) is 0 Å². The summed E-state index contributed by atoms with van der Waals surface area (Å²) in [6.07, 6.45) is 0. The molecule has 0 radical (unpaired) electrons. The Morgan fingerprint density at radius 1 is 0.720 bits per heavy atom. The van der Waals surface area contributed by atoms with Gasteiger partial charge in [0, 0.05) is 11.3 Å². The lowest BCUT2D eigenvalue weighted by molar-refractivity contribution is 0.0696. The molecule has 124 valence electrons. The van der Waals surface area contributed by atoms with Crippen LogP contribution in [0.15, 0.2) is 84.9 Å². The highest BCUT2D eigenvalue weighted by Gasteiger charge is 2.21. The first kappa shape index (κ1) is 16.5.